The van der Waals surface area contributed by atoms with E-state index in [0.29, 0.717) is 0 Å². The monoisotopic (exact) mass is 445 g/mol. The van der Waals surface area contributed by atoms with Gasteiger partial charge in [0.05, 0.1) is 12.8 Å². The molecule has 1 N–H and O–H groups in total. The van der Waals surface area contributed by atoms with Crippen LogP contribution < -0.4 is 10.9 Å². The van der Waals surface area contributed by atoms with Gasteiger partial charge >= 0.3 is 11.9 Å². The Bertz CT molecular complexity index is 1070. The number of fused-ring (bicyclic) bond motifs is 1. The van der Waals surface area contributed by atoms with E-state index >= 15 is 0 Å². The zero-order valence-corrected chi connectivity index (χ0v) is 18.1. The Hall–Kier alpha value is -2.87. The van der Waals surface area contributed by atoms with E-state index in [1.54, 1.807) is 6.92 Å². The summed E-state index contributed by atoms with van der Waals surface area (Å²) in [5, 5.41) is 3.09. The first kappa shape index (κ1) is 21.4. The fraction of sp³-hybridized carbons (Fsp3) is 0.455. The van der Waals surface area contributed by atoms with E-state index in [4.69, 9.17) is 21.1 Å². The number of rotatable bonds is 6. The standard InChI is InChI=1S/C22H24ClN3O5/c1-22(21(29)31-12-13-7-4-3-5-8-13)11-15(20(28)30-2)26-16(22)17(23)25-18(19(26)27)24-14-9-6-10-14/h3-5,7-8,14-15H,6,9-12H2,1-2H3,(H,24,25). The number of methoxy groups -OCH3 is 1. The maximum atomic E-state index is 13.2. The SMILES string of the molecule is COC(=O)C1CC(C)(C(=O)OCc2ccccc2)c2c(Cl)nc(NC3CCC3)c(=O)n21. The van der Waals surface area contributed by atoms with E-state index in [2.05, 4.69) is 10.3 Å². The highest BCUT2D eigenvalue weighted by atomic mass is 35.5. The molecular formula is C22H24ClN3O5. The van der Waals surface area contributed by atoms with Crippen molar-refractivity contribution in [2.45, 2.75) is 56.7 Å². The second-order valence-electron chi connectivity index (χ2n) is 8.18. The normalized spacial score (nSPS) is 22.4. The first-order chi connectivity index (χ1) is 14.8. The molecule has 1 saturated carbocycles. The maximum absolute atomic E-state index is 13.2. The van der Waals surface area contributed by atoms with Crippen LogP contribution in [0.5, 0.6) is 0 Å². The lowest BCUT2D eigenvalue weighted by Gasteiger charge is -2.27. The number of esters is 2. The first-order valence-corrected chi connectivity index (χ1v) is 10.6. The molecule has 1 aliphatic carbocycles. The van der Waals surface area contributed by atoms with Crippen molar-refractivity contribution in [2.75, 3.05) is 12.4 Å². The molecule has 2 aliphatic rings. The molecule has 2 atom stereocenters. The molecule has 1 fully saturated rings. The molecule has 31 heavy (non-hydrogen) atoms. The van der Waals surface area contributed by atoms with Crippen molar-refractivity contribution >= 4 is 29.4 Å². The van der Waals surface area contributed by atoms with Crippen molar-refractivity contribution in [2.24, 2.45) is 0 Å². The number of ether oxygens (including phenoxy) is 2. The number of nitrogens with one attached hydrogen (secondary N) is 1. The van der Waals surface area contributed by atoms with E-state index in [0.717, 1.165) is 24.8 Å². The van der Waals surface area contributed by atoms with Crippen LogP contribution in [-0.2, 0) is 31.1 Å². The van der Waals surface area contributed by atoms with Gasteiger partial charge in [-0.15, -0.1) is 0 Å². The third kappa shape index (κ3) is 3.80. The van der Waals surface area contributed by atoms with Crippen molar-refractivity contribution in [3.63, 3.8) is 0 Å². The third-order valence-electron chi connectivity index (χ3n) is 6.09. The summed E-state index contributed by atoms with van der Waals surface area (Å²) in [6.45, 7) is 1.68. The number of benzene rings is 1. The Morgan fingerprint density at radius 1 is 1.29 bits per heavy atom. The van der Waals surface area contributed by atoms with Gasteiger partial charge < -0.3 is 14.8 Å². The average molecular weight is 446 g/mol. The lowest BCUT2D eigenvalue weighted by atomic mass is 9.84. The Labute approximate surface area is 184 Å². The number of nitrogens with zero attached hydrogens (tertiary/aromatic N) is 2. The smallest absolute Gasteiger partial charge is 0.329 e. The summed E-state index contributed by atoms with van der Waals surface area (Å²) in [6, 6.07) is 8.40. The molecule has 0 amide bonds. The van der Waals surface area contributed by atoms with Gasteiger partial charge in [0.1, 0.15) is 18.1 Å². The Morgan fingerprint density at radius 2 is 2.00 bits per heavy atom. The van der Waals surface area contributed by atoms with Gasteiger partial charge in [-0.1, -0.05) is 41.9 Å². The van der Waals surface area contributed by atoms with E-state index < -0.39 is 29.0 Å². The van der Waals surface area contributed by atoms with Crippen LogP contribution in [0.25, 0.3) is 0 Å². The van der Waals surface area contributed by atoms with Crippen molar-refractivity contribution in [1.82, 2.24) is 9.55 Å². The molecule has 2 aromatic rings. The summed E-state index contributed by atoms with van der Waals surface area (Å²) in [5.41, 5.74) is -0.831. The number of hydrogen-bond donors (Lipinski definition) is 1. The minimum Gasteiger partial charge on any atom is -0.467 e. The maximum Gasteiger partial charge on any atom is 0.329 e. The molecule has 2 unspecified atom stereocenters. The summed E-state index contributed by atoms with van der Waals surface area (Å²) in [4.78, 5) is 43.1. The highest BCUT2D eigenvalue weighted by Gasteiger charge is 2.52. The van der Waals surface area contributed by atoms with Gasteiger partial charge in [0.15, 0.2) is 11.0 Å². The van der Waals surface area contributed by atoms with Gasteiger partial charge in [-0.25, -0.2) is 9.78 Å². The Balaban J connectivity index is 1.71. The van der Waals surface area contributed by atoms with Crippen LogP contribution in [0.2, 0.25) is 5.15 Å². The summed E-state index contributed by atoms with van der Waals surface area (Å²) in [7, 11) is 1.24. The molecule has 0 saturated heterocycles. The van der Waals surface area contributed by atoms with Crippen LogP contribution in [0, 0.1) is 0 Å². The Morgan fingerprint density at radius 3 is 2.61 bits per heavy atom. The van der Waals surface area contributed by atoms with Crippen LogP contribution in [-0.4, -0.2) is 34.6 Å². The topological polar surface area (TPSA) is 99.5 Å². The van der Waals surface area contributed by atoms with Crippen LogP contribution in [0.1, 0.15) is 49.9 Å². The molecule has 164 valence electrons. The minimum absolute atomic E-state index is 0.00316. The van der Waals surface area contributed by atoms with Gasteiger partial charge in [0.25, 0.3) is 5.56 Å². The first-order valence-electron chi connectivity index (χ1n) is 10.2. The second kappa shape index (κ2) is 8.34. The molecule has 8 nitrogen and oxygen atoms in total. The molecule has 1 aliphatic heterocycles. The van der Waals surface area contributed by atoms with Crippen LogP contribution in [0.3, 0.4) is 0 Å². The highest BCUT2D eigenvalue weighted by molar-refractivity contribution is 6.30. The largest absolute Gasteiger partial charge is 0.467 e. The van der Waals surface area contributed by atoms with Crippen LogP contribution in [0.4, 0.5) is 5.82 Å². The molecular weight excluding hydrogens is 422 g/mol. The zero-order valence-electron chi connectivity index (χ0n) is 17.4. The van der Waals surface area contributed by atoms with Crippen molar-refractivity contribution in [3.05, 3.63) is 57.1 Å². The number of aromatic nitrogens is 2. The lowest BCUT2D eigenvalue weighted by Crippen LogP contribution is -2.37. The van der Waals surface area contributed by atoms with Crippen LogP contribution in [0.15, 0.2) is 35.1 Å². The van der Waals surface area contributed by atoms with Crippen molar-refractivity contribution in [3.8, 4) is 0 Å². The predicted octanol–water partition coefficient (Wildman–Crippen LogP) is 2.98. The third-order valence-corrected chi connectivity index (χ3v) is 6.35. The predicted molar refractivity (Wildman–Crippen MR) is 114 cm³/mol. The quantitative estimate of drug-likeness (QED) is 0.682. The number of anilines is 1. The van der Waals surface area contributed by atoms with Gasteiger partial charge in [0.2, 0.25) is 0 Å². The van der Waals surface area contributed by atoms with E-state index in [9.17, 15) is 14.4 Å². The second-order valence-corrected chi connectivity index (χ2v) is 8.54. The fourth-order valence-corrected chi connectivity index (χ4v) is 4.49. The van der Waals surface area contributed by atoms with E-state index in [1.807, 2.05) is 30.3 Å². The molecule has 0 radical (unpaired) electrons. The molecule has 1 aromatic heterocycles. The lowest BCUT2D eigenvalue weighted by molar-refractivity contribution is -0.152. The van der Waals surface area contributed by atoms with Gasteiger partial charge in [-0.05, 0) is 31.7 Å². The van der Waals surface area contributed by atoms with Crippen molar-refractivity contribution < 1.29 is 19.1 Å². The summed E-state index contributed by atoms with van der Waals surface area (Å²) >= 11 is 6.48. The highest BCUT2D eigenvalue weighted by Crippen LogP contribution is 2.44. The van der Waals surface area contributed by atoms with Crippen LogP contribution >= 0.6 is 11.6 Å². The number of carbonyl (C=O) groups excluding carboxylic acids is 2. The van der Waals surface area contributed by atoms with Gasteiger partial charge in [-0.3, -0.25) is 14.2 Å². The van der Waals surface area contributed by atoms with Gasteiger partial charge in [0, 0.05) is 12.5 Å². The minimum atomic E-state index is -1.33. The molecule has 0 bridgehead atoms. The van der Waals surface area contributed by atoms with E-state index in [-0.39, 0.29) is 35.7 Å². The Kier molecular flexibility index (Phi) is 5.75. The van der Waals surface area contributed by atoms with Crippen molar-refractivity contribution in [1.29, 1.82) is 0 Å². The number of carbonyl (C=O) groups is 2. The molecule has 1 aromatic carbocycles. The summed E-state index contributed by atoms with van der Waals surface area (Å²) < 4.78 is 11.7. The molecule has 2 heterocycles. The number of halogens is 1. The fourth-order valence-electron chi connectivity index (χ4n) is 4.11. The number of hydrogen-bond acceptors (Lipinski definition) is 7. The zero-order chi connectivity index (χ0) is 22.2. The summed E-state index contributed by atoms with van der Waals surface area (Å²) in [5.74, 6) is -1.13. The molecule has 0 spiro atoms. The summed E-state index contributed by atoms with van der Waals surface area (Å²) in [6.07, 6.45) is 2.94. The van der Waals surface area contributed by atoms with Gasteiger partial charge in [-0.2, -0.15) is 0 Å². The molecule has 4 rings (SSSR count). The van der Waals surface area contributed by atoms with E-state index in [1.165, 1.54) is 11.7 Å². The average Bonchev–Trinajstić information content (AvgIpc) is 3.07. The molecule has 9 heteroatoms.